The fraction of sp³-hybridized carbons (Fsp3) is 0.333. The van der Waals surface area contributed by atoms with E-state index in [0.29, 0.717) is 31.7 Å². The van der Waals surface area contributed by atoms with Gasteiger partial charge in [-0.2, -0.15) is 0 Å². The molecule has 148 valence electrons. The molecule has 7 heteroatoms. The zero-order valence-electron chi connectivity index (χ0n) is 15.7. The number of carbonyl (C=O) groups is 2. The lowest BCUT2D eigenvalue weighted by molar-refractivity contribution is -0.918. The molecular formula is C21H23FN2O4. The van der Waals surface area contributed by atoms with Gasteiger partial charge in [-0.3, -0.25) is 4.79 Å². The Kier molecular flexibility index (Phi) is 6.26. The fourth-order valence-electron chi connectivity index (χ4n) is 3.53. The number of hydrogen-bond donors (Lipinski definition) is 1. The van der Waals surface area contributed by atoms with Gasteiger partial charge in [0.1, 0.15) is 17.6 Å². The van der Waals surface area contributed by atoms with Gasteiger partial charge in [0.2, 0.25) is 0 Å². The highest BCUT2D eigenvalue weighted by atomic mass is 19.1. The number of anilines is 1. The Balaban J connectivity index is 1.61. The summed E-state index contributed by atoms with van der Waals surface area (Å²) in [6.45, 7) is 2.52. The number of rotatable bonds is 7. The molecule has 0 spiro atoms. The summed E-state index contributed by atoms with van der Waals surface area (Å²) in [6.07, 6.45) is -0.161. The van der Waals surface area contributed by atoms with Crippen molar-refractivity contribution >= 4 is 17.4 Å². The van der Waals surface area contributed by atoms with Crippen LogP contribution in [0, 0.1) is 5.82 Å². The molecular weight excluding hydrogens is 363 g/mol. The number of ether oxygens (including phenoxy) is 1. The summed E-state index contributed by atoms with van der Waals surface area (Å²) >= 11 is 0. The van der Waals surface area contributed by atoms with Gasteiger partial charge in [0.15, 0.2) is 5.78 Å². The number of nitrogens with one attached hydrogen (secondary N) is 1. The molecule has 28 heavy (non-hydrogen) atoms. The Labute approximate surface area is 163 Å². The molecule has 0 aromatic heterocycles. The minimum atomic E-state index is -1.23. The number of nitrogens with zero attached hydrogens (tertiary/aromatic N) is 1. The molecule has 0 unspecified atom stereocenters. The van der Waals surface area contributed by atoms with Crippen LogP contribution in [0.3, 0.4) is 0 Å². The van der Waals surface area contributed by atoms with E-state index in [1.165, 1.54) is 24.3 Å². The number of carboxylic acid groups (broad SMARTS) is 1. The second-order valence-electron chi connectivity index (χ2n) is 6.85. The van der Waals surface area contributed by atoms with Gasteiger partial charge in [0, 0.05) is 11.3 Å². The van der Waals surface area contributed by atoms with Gasteiger partial charge in [0.25, 0.3) is 0 Å². The quantitative estimate of drug-likeness (QED) is 0.675. The van der Waals surface area contributed by atoms with Gasteiger partial charge in [-0.15, -0.1) is 0 Å². The van der Waals surface area contributed by atoms with Gasteiger partial charge < -0.3 is 24.4 Å². The van der Waals surface area contributed by atoms with E-state index < -0.39 is 17.8 Å². The predicted octanol–water partition coefficient (Wildman–Crippen LogP) is -0.0693. The molecule has 1 N–H and O–H groups in total. The van der Waals surface area contributed by atoms with E-state index in [-0.39, 0.29) is 12.2 Å². The smallest absolute Gasteiger partial charge is 0.169 e. The van der Waals surface area contributed by atoms with Crippen LogP contribution in [-0.2, 0) is 4.79 Å². The lowest BCUT2D eigenvalue weighted by atomic mass is 10.0. The third-order valence-corrected chi connectivity index (χ3v) is 5.18. The molecule has 0 radical (unpaired) electrons. The van der Waals surface area contributed by atoms with E-state index in [9.17, 15) is 19.1 Å². The van der Waals surface area contributed by atoms with Crippen LogP contribution in [0.15, 0.2) is 48.5 Å². The molecule has 0 saturated carbocycles. The van der Waals surface area contributed by atoms with E-state index >= 15 is 0 Å². The van der Waals surface area contributed by atoms with Crippen LogP contribution >= 0.6 is 0 Å². The molecule has 1 fully saturated rings. The monoisotopic (exact) mass is 386 g/mol. The third kappa shape index (κ3) is 4.67. The van der Waals surface area contributed by atoms with E-state index in [1.54, 1.807) is 7.11 Å². The van der Waals surface area contributed by atoms with Crippen LogP contribution in [0.1, 0.15) is 16.8 Å². The molecule has 2 aromatic rings. The molecule has 1 atom stereocenters. The second kappa shape index (κ2) is 8.84. The van der Waals surface area contributed by atoms with Crippen LogP contribution in [0.4, 0.5) is 10.1 Å². The average Bonchev–Trinajstić information content (AvgIpc) is 2.72. The van der Waals surface area contributed by atoms with Crippen LogP contribution in [0.5, 0.6) is 5.75 Å². The highest BCUT2D eigenvalue weighted by molar-refractivity contribution is 5.98. The summed E-state index contributed by atoms with van der Waals surface area (Å²) in [4.78, 5) is 27.1. The predicted molar refractivity (Wildman–Crippen MR) is 100 cm³/mol. The number of quaternary nitrogens is 1. The average molecular weight is 386 g/mol. The first-order valence-corrected chi connectivity index (χ1v) is 9.21. The van der Waals surface area contributed by atoms with Crippen molar-refractivity contribution in [2.45, 2.75) is 12.5 Å². The molecule has 6 nitrogen and oxygen atoms in total. The van der Waals surface area contributed by atoms with Crippen molar-refractivity contribution in [1.29, 1.82) is 0 Å². The highest BCUT2D eigenvalue weighted by Gasteiger charge is 2.30. The van der Waals surface area contributed by atoms with Crippen molar-refractivity contribution in [1.82, 2.24) is 0 Å². The Hall–Kier alpha value is -2.93. The van der Waals surface area contributed by atoms with E-state index in [2.05, 4.69) is 4.90 Å². The zero-order chi connectivity index (χ0) is 20.1. The maximum Gasteiger partial charge on any atom is 0.169 e. The summed E-state index contributed by atoms with van der Waals surface area (Å²) in [5.74, 6) is -1.21. The number of hydrogen-bond acceptors (Lipinski definition) is 5. The van der Waals surface area contributed by atoms with Crippen molar-refractivity contribution in [2.75, 3.05) is 38.2 Å². The van der Waals surface area contributed by atoms with E-state index in [0.717, 1.165) is 16.3 Å². The number of ketones is 1. The number of carbonyl (C=O) groups excluding carboxylic acids is 2. The minimum Gasteiger partial charge on any atom is -0.544 e. The lowest BCUT2D eigenvalue weighted by Crippen LogP contribution is -3.19. The largest absolute Gasteiger partial charge is 0.544 e. The molecule has 2 aromatic carbocycles. The van der Waals surface area contributed by atoms with Crippen LogP contribution < -0.4 is 19.6 Å². The molecule has 1 saturated heterocycles. The zero-order valence-corrected chi connectivity index (χ0v) is 15.7. The standard InChI is InChI=1S/C21H23FN2O4/c1-28-18-8-6-17(7-9-18)23-10-12-24(13-11-23)19(21(26)27)14-20(25)15-2-4-16(22)5-3-15/h2-9,19H,10-14H2,1H3,(H,26,27)/t19-/m0/s1. The highest BCUT2D eigenvalue weighted by Crippen LogP contribution is 2.19. The van der Waals surface area contributed by atoms with E-state index in [4.69, 9.17) is 4.74 Å². The summed E-state index contributed by atoms with van der Waals surface area (Å²) in [5, 5.41) is 11.7. The molecule has 1 aliphatic rings. The summed E-state index contributed by atoms with van der Waals surface area (Å²) < 4.78 is 18.2. The van der Waals surface area contributed by atoms with Crippen LogP contribution in [0.25, 0.3) is 0 Å². The second-order valence-corrected chi connectivity index (χ2v) is 6.85. The molecule has 0 amide bonds. The molecule has 1 aliphatic heterocycles. The van der Waals surface area contributed by atoms with Crippen molar-refractivity contribution in [2.24, 2.45) is 0 Å². The molecule has 3 rings (SSSR count). The third-order valence-electron chi connectivity index (χ3n) is 5.18. The van der Waals surface area contributed by atoms with Gasteiger partial charge in [0.05, 0.1) is 45.7 Å². The van der Waals surface area contributed by atoms with Gasteiger partial charge in [-0.1, -0.05) is 0 Å². The lowest BCUT2D eigenvalue weighted by Gasteiger charge is -2.37. The van der Waals surface area contributed by atoms with Crippen LogP contribution in [0.2, 0.25) is 0 Å². The van der Waals surface area contributed by atoms with Crippen molar-refractivity contribution < 1.29 is 28.7 Å². The Bertz CT molecular complexity index is 815. The Morgan fingerprint density at radius 3 is 2.25 bits per heavy atom. The molecule has 0 bridgehead atoms. The first-order valence-electron chi connectivity index (χ1n) is 9.21. The SMILES string of the molecule is COc1ccc(N2CC[NH+]([C@@H](CC(=O)c3ccc(F)cc3)C(=O)[O-])CC2)cc1. The van der Waals surface area contributed by atoms with Crippen LogP contribution in [-0.4, -0.2) is 51.1 Å². The number of halogens is 1. The minimum absolute atomic E-state index is 0.161. The van der Waals surface area contributed by atoms with Gasteiger partial charge in [-0.05, 0) is 48.5 Å². The maximum absolute atomic E-state index is 13.0. The van der Waals surface area contributed by atoms with Crippen molar-refractivity contribution in [3.05, 3.63) is 59.9 Å². The molecule has 1 heterocycles. The van der Waals surface area contributed by atoms with Gasteiger partial charge >= 0.3 is 0 Å². The summed E-state index contributed by atoms with van der Waals surface area (Å²) in [7, 11) is 1.62. The Morgan fingerprint density at radius 1 is 1.11 bits per heavy atom. The number of aliphatic carboxylic acids is 1. The fourth-order valence-corrected chi connectivity index (χ4v) is 3.53. The first kappa shape index (κ1) is 19.8. The Morgan fingerprint density at radius 2 is 1.71 bits per heavy atom. The number of Topliss-reactive ketones (excluding diaryl/α,β-unsaturated/α-hetero) is 1. The van der Waals surface area contributed by atoms with E-state index in [1.807, 2.05) is 24.3 Å². The topological polar surface area (TPSA) is 74.1 Å². The maximum atomic E-state index is 13.0. The number of benzene rings is 2. The summed E-state index contributed by atoms with van der Waals surface area (Å²) in [6, 6.07) is 11.9. The number of carboxylic acids is 1. The number of methoxy groups -OCH3 is 1. The summed E-state index contributed by atoms with van der Waals surface area (Å²) in [5.41, 5.74) is 1.36. The van der Waals surface area contributed by atoms with Crippen molar-refractivity contribution in [3.8, 4) is 5.75 Å². The first-order chi connectivity index (χ1) is 13.5. The normalized spacial score (nSPS) is 15.9. The molecule has 0 aliphatic carbocycles. The van der Waals surface area contributed by atoms with Gasteiger partial charge in [-0.25, -0.2) is 4.39 Å². The van der Waals surface area contributed by atoms with Crippen molar-refractivity contribution in [3.63, 3.8) is 0 Å². The number of piperazine rings is 1.